The van der Waals surface area contributed by atoms with Gasteiger partial charge in [0.15, 0.2) is 5.82 Å². The van der Waals surface area contributed by atoms with E-state index in [2.05, 4.69) is 20.5 Å². The van der Waals surface area contributed by atoms with Crippen molar-refractivity contribution in [3.8, 4) is 0 Å². The first kappa shape index (κ1) is 16.3. The first-order chi connectivity index (χ1) is 11.6. The lowest BCUT2D eigenvalue weighted by molar-refractivity contribution is -0.132. The van der Waals surface area contributed by atoms with Crippen LogP contribution in [-0.4, -0.2) is 59.4 Å². The second kappa shape index (κ2) is 7.33. The third-order valence-electron chi connectivity index (χ3n) is 4.36. The Labute approximate surface area is 139 Å². The average Bonchev–Trinajstić information content (AvgIpc) is 3.26. The van der Waals surface area contributed by atoms with Crippen molar-refractivity contribution in [1.29, 1.82) is 0 Å². The van der Waals surface area contributed by atoms with Gasteiger partial charge < -0.3 is 9.47 Å². The van der Waals surface area contributed by atoms with Crippen LogP contribution in [-0.2, 0) is 18.4 Å². The Bertz CT molecular complexity index is 695. The molecule has 9 heteroatoms. The van der Waals surface area contributed by atoms with Crippen molar-refractivity contribution in [2.75, 3.05) is 13.1 Å². The maximum Gasteiger partial charge on any atom is 0.222 e. The molecule has 128 valence electrons. The van der Waals surface area contributed by atoms with Crippen LogP contribution in [0.3, 0.4) is 0 Å². The number of aromatic nitrogens is 6. The van der Waals surface area contributed by atoms with Crippen LogP contribution < -0.4 is 0 Å². The van der Waals surface area contributed by atoms with Gasteiger partial charge in [-0.05, 0) is 29.7 Å². The molecule has 1 fully saturated rings. The predicted octanol–water partition coefficient (Wildman–Crippen LogP) is 0.308. The molecule has 1 aliphatic rings. The van der Waals surface area contributed by atoms with Gasteiger partial charge in [-0.3, -0.25) is 9.59 Å². The van der Waals surface area contributed by atoms with Crippen LogP contribution in [0.1, 0.15) is 36.3 Å². The lowest BCUT2D eigenvalue weighted by Gasteiger charge is -2.32. The number of imidazole rings is 1. The molecule has 2 aromatic heterocycles. The third-order valence-corrected chi connectivity index (χ3v) is 4.36. The molecule has 0 aromatic carbocycles. The standard InChI is InChI=1S/C15H21N7O2/c1-20-9-6-16-15(20)14(24)12-4-2-7-21(10-12)13(23)5-3-8-22-11-17-18-19-22/h6,9,11-12H,2-5,7-8,10H2,1H3/t12-/m0/s1. The second-order valence-electron chi connectivity index (χ2n) is 6.08. The topological polar surface area (TPSA) is 98.8 Å². The number of aryl methyl sites for hydroxylation is 2. The quantitative estimate of drug-likeness (QED) is 0.706. The summed E-state index contributed by atoms with van der Waals surface area (Å²) in [6, 6.07) is 0. The van der Waals surface area contributed by atoms with Gasteiger partial charge in [-0.2, -0.15) is 0 Å². The van der Waals surface area contributed by atoms with Gasteiger partial charge in [0.25, 0.3) is 0 Å². The Morgan fingerprint density at radius 2 is 2.25 bits per heavy atom. The molecule has 0 spiro atoms. The molecule has 24 heavy (non-hydrogen) atoms. The number of amides is 1. The maximum absolute atomic E-state index is 12.6. The number of likely N-dealkylation sites (tertiary alicyclic amines) is 1. The van der Waals surface area contributed by atoms with Gasteiger partial charge in [0.2, 0.25) is 11.7 Å². The van der Waals surface area contributed by atoms with Crippen molar-refractivity contribution < 1.29 is 9.59 Å². The van der Waals surface area contributed by atoms with Crippen LogP contribution in [0.15, 0.2) is 18.7 Å². The normalized spacial score (nSPS) is 17.9. The Morgan fingerprint density at radius 3 is 2.96 bits per heavy atom. The number of carbonyl (C=O) groups excluding carboxylic acids is 2. The van der Waals surface area contributed by atoms with Crippen molar-refractivity contribution in [2.45, 2.75) is 32.2 Å². The molecular formula is C15H21N7O2. The maximum atomic E-state index is 12.6. The summed E-state index contributed by atoms with van der Waals surface area (Å²) in [5.41, 5.74) is 0. The van der Waals surface area contributed by atoms with Crippen molar-refractivity contribution in [3.63, 3.8) is 0 Å². The molecule has 2 aromatic rings. The van der Waals surface area contributed by atoms with Gasteiger partial charge in [-0.15, -0.1) is 5.10 Å². The Morgan fingerprint density at radius 1 is 1.38 bits per heavy atom. The zero-order chi connectivity index (χ0) is 16.9. The van der Waals surface area contributed by atoms with Crippen LogP contribution >= 0.6 is 0 Å². The number of tetrazole rings is 1. The molecule has 0 radical (unpaired) electrons. The summed E-state index contributed by atoms with van der Waals surface area (Å²) in [6.45, 7) is 1.81. The summed E-state index contributed by atoms with van der Waals surface area (Å²) in [6.07, 6.45) is 7.68. The molecular weight excluding hydrogens is 310 g/mol. The van der Waals surface area contributed by atoms with E-state index in [0.29, 0.717) is 38.3 Å². The Balaban J connectivity index is 1.52. The van der Waals surface area contributed by atoms with Crippen LogP contribution in [0.2, 0.25) is 0 Å². The molecule has 0 bridgehead atoms. The van der Waals surface area contributed by atoms with Crippen molar-refractivity contribution in [3.05, 3.63) is 24.5 Å². The van der Waals surface area contributed by atoms with E-state index in [1.54, 1.807) is 26.5 Å². The van der Waals surface area contributed by atoms with E-state index >= 15 is 0 Å². The lowest BCUT2D eigenvalue weighted by atomic mass is 9.93. The van der Waals surface area contributed by atoms with E-state index in [4.69, 9.17) is 0 Å². The zero-order valence-corrected chi connectivity index (χ0v) is 13.7. The number of hydrogen-bond acceptors (Lipinski definition) is 6. The van der Waals surface area contributed by atoms with E-state index in [1.807, 2.05) is 7.05 Å². The highest BCUT2D eigenvalue weighted by molar-refractivity contribution is 5.95. The number of rotatable bonds is 6. The highest BCUT2D eigenvalue weighted by Crippen LogP contribution is 2.21. The smallest absolute Gasteiger partial charge is 0.222 e. The fraction of sp³-hybridized carbons (Fsp3) is 0.600. The van der Waals surface area contributed by atoms with E-state index in [9.17, 15) is 9.59 Å². The van der Waals surface area contributed by atoms with Gasteiger partial charge in [-0.1, -0.05) is 0 Å². The summed E-state index contributed by atoms with van der Waals surface area (Å²) >= 11 is 0. The summed E-state index contributed by atoms with van der Waals surface area (Å²) in [5, 5.41) is 10.9. The van der Waals surface area contributed by atoms with Crippen molar-refractivity contribution in [1.82, 2.24) is 34.7 Å². The Hall–Kier alpha value is -2.58. The zero-order valence-electron chi connectivity index (χ0n) is 13.7. The highest BCUT2D eigenvalue weighted by Gasteiger charge is 2.30. The molecule has 1 atom stereocenters. The first-order valence-electron chi connectivity index (χ1n) is 8.15. The number of hydrogen-bond donors (Lipinski definition) is 0. The van der Waals surface area contributed by atoms with Crippen molar-refractivity contribution in [2.24, 2.45) is 13.0 Å². The van der Waals surface area contributed by atoms with Gasteiger partial charge in [0, 0.05) is 51.4 Å². The van der Waals surface area contributed by atoms with Crippen LogP contribution in [0, 0.1) is 5.92 Å². The SMILES string of the molecule is Cn1ccnc1C(=O)[C@H]1CCCN(C(=O)CCCn2cnnn2)C1. The van der Waals surface area contributed by atoms with E-state index < -0.39 is 0 Å². The fourth-order valence-corrected chi connectivity index (χ4v) is 3.04. The Kier molecular flexibility index (Phi) is 4.97. The summed E-state index contributed by atoms with van der Waals surface area (Å²) in [5.74, 6) is 0.408. The van der Waals surface area contributed by atoms with Gasteiger partial charge in [0.1, 0.15) is 6.33 Å². The molecule has 1 amide bonds. The monoisotopic (exact) mass is 331 g/mol. The van der Waals surface area contributed by atoms with Gasteiger partial charge in [0.05, 0.1) is 0 Å². The minimum Gasteiger partial charge on any atom is -0.342 e. The number of nitrogens with zero attached hydrogens (tertiary/aromatic N) is 7. The van der Waals surface area contributed by atoms with Gasteiger partial charge in [-0.25, -0.2) is 9.67 Å². The van der Waals surface area contributed by atoms with E-state index in [1.165, 1.54) is 6.33 Å². The molecule has 0 unspecified atom stereocenters. The van der Waals surface area contributed by atoms with Gasteiger partial charge >= 0.3 is 0 Å². The summed E-state index contributed by atoms with van der Waals surface area (Å²) in [4.78, 5) is 30.9. The minimum atomic E-state index is -0.164. The molecule has 1 aliphatic heterocycles. The minimum absolute atomic E-state index is 0.0219. The van der Waals surface area contributed by atoms with E-state index in [0.717, 1.165) is 12.8 Å². The fourth-order valence-electron chi connectivity index (χ4n) is 3.04. The molecule has 0 aliphatic carbocycles. The van der Waals surface area contributed by atoms with E-state index in [-0.39, 0.29) is 17.6 Å². The summed E-state index contributed by atoms with van der Waals surface area (Å²) < 4.78 is 3.34. The molecule has 0 saturated carbocycles. The molecule has 9 nitrogen and oxygen atoms in total. The first-order valence-corrected chi connectivity index (χ1v) is 8.15. The van der Waals surface area contributed by atoms with Crippen molar-refractivity contribution >= 4 is 11.7 Å². The molecule has 1 saturated heterocycles. The summed E-state index contributed by atoms with van der Waals surface area (Å²) in [7, 11) is 1.81. The predicted molar refractivity (Wildman–Crippen MR) is 83.9 cm³/mol. The lowest BCUT2D eigenvalue weighted by Crippen LogP contribution is -2.42. The van der Waals surface area contributed by atoms with Crippen LogP contribution in [0.5, 0.6) is 0 Å². The highest BCUT2D eigenvalue weighted by atomic mass is 16.2. The largest absolute Gasteiger partial charge is 0.342 e. The molecule has 3 heterocycles. The molecule has 3 rings (SSSR count). The third kappa shape index (κ3) is 3.66. The number of piperidine rings is 1. The van der Waals surface area contributed by atoms with Crippen LogP contribution in [0.4, 0.5) is 0 Å². The van der Waals surface area contributed by atoms with Crippen LogP contribution in [0.25, 0.3) is 0 Å². The average molecular weight is 331 g/mol. The number of carbonyl (C=O) groups is 2. The number of Topliss-reactive ketones (excluding diaryl/α,β-unsaturated/α-hetero) is 1. The number of ketones is 1. The molecule has 0 N–H and O–H groups in total. The second-order valence-corrected chi connectivity index (χ2v) is 6.08.